The molecule has 0 amide bonds. The first-order valence-electron chi connectivity index (χ1n) is 5.24. The number of hydrogen-bond donors (Lipinski definition) is 2. The molecule has 1 aromatic rings. The number of rotatable bonds is 2. The first kappa shape index (κ1) is 9.62. The van der Waals surface area contributed by atoms with Crippen molar-refractivity contribution in [1.29, 1.82) is 0 Å². The van der Waals surface area contributed by atoms with Gasteiger partial charge in [-0.1, -0.05) is 6.07 Å². The Hall–Kier alpha value is -0.930. The minimum Gasteiger partial charge on any atom is -0.324 e. The molecule has 3 nitrogen and oxygen atoms in total. The van der Waals surface area contributed by atoms with Crippen LogP contribution in [0.5, 0.6) is 0 Å². The van der Waals surface area contributed by atoms with E-state index in [0.29, 0.717) is 5.92 Å². The molecule has 1 fully saturated rings. The van der Waals surface area contributed by atoms with Gasteiger partial charge in [-0.15, -0.1) is 0 Å². The molecular formula is C11H17N3. The van der Waals surface area contributed by atoms with Crippen LogP contribution in [-0.2, 0) is 0 Å². The molecule has 0 aliphatic carbocycles. The van der Waals surface area contributed by atoms with E-state index in [1.807, 2.05) is 12.3 Å². The van der Waals surface area contributed by atoms with E-state index >= 15 is 0 Å². The van der Waals surface area contributed by atoms with Crippen molar-refractivity contribution in [3.8, 4) is 0 Å². The molecule has 1 aromatic heterocycles. The summed E-state index contributed by atoms with van der Waals surface area (Å²) in [6.07, 6.45) is 6.12. The summed E-state index contributed by atoms with van der Waals surface area (Å²) in [6, 6.07) is 4.15. The van der Waals surface area contributed by atoms with Gasteiger partial charge >= 0.3 is 0 Å². The van der Waals surface area contributed by atoms with Crippen LogP contribution in [0, 0.1) is 5.92 Å². The minimum absolute atomic E-state index is 0.136. The van der Waals surface area contributed by atoms with Gasteiger partial charge in [0.25, 0.3) is 0 Å². The highest BCUT2D eigenvalue weighted by molar-refractivity contribution is 5.14. The number of pyridine rings is 1. The molecule has 2 heterocycles. The standard InChI is InChI=1S/C11H17N3/c12-11(9-3-1-5-13-7-9)10-4-2-6-14-8-10/h1,3,5,7,10-11,14H,2,4,6,8,12H2. The van der Waals surface area contributed by atoms with E-state index in [-0.39, 0.29) is 6.04 Å². The fourth-order valence-corrected chi connectivity index (χ4v) is 2.03. The summed E-state index contributed by atoms with van der Waals surface area (Å²) in [5.41, 5.74) is 7.34. The Kier molecular flexibility index (Phi) is 3.11. The average molecular weight is 191 g/mol. The molecule has 0 spiro atoms. The van der Waals surface area contributed by atoms with E-state index in [9.17, 15) is 0 Å². The maximum absolute atomic E-state index is 6.19. The van der Waals surface area contributed by atoms with Crippen molar-refractivity contribution in [2.75, 3.05) is 13.1 Å². The van der Waals surface area contributed by atoms with Gasteiger partial charge in [0, 0.05) is 18.4 Å². The average Bonchev–Trinajstić information content (AvgIpc) is 2.30. The third-order valence-electron chi connectivity index (χ3n) is 2.91. The molecule has 0 saturated carbocycles. The monoisotopic (exact) mass is 191 g/mol. The Morgan fingerprint density at radius 1 is 1.57 bits per heavy atom. The van der Waals surface area contributed by atoms with E-state index in [0.717, 1.165) is 18.7 Å². The molecule has 76 valence electrons. The van der Waals surface area contributed by atoms with Gasteiger partial charge in [0.15, 0.2) is 0 Å². The highest BCUT2D eigenvalue weighted by Crippen LogP contribution is 2.24. The van der Waals surface area contributed by atoms with Crippen LogP contribution in [0.15, 0.2) is 24.5 Å². The summed E-state index contributed by atoms with van der Waals surface area (Å²) in [6.45, 7) is 2.17. The zero-order valence-corrected chi connectivity index (χ0v) is 8.32. The zero-order valence-electron chi connectivity index (χ0n) is 8.32. The summed E-state index contributed by atoms with van der Waals surface area (Å²) in [5.74, 6) is 0.563. The normalized spacial score (nSPS) is 24.5. The number of nitrogens with two attached hydrogens (primary N) is 1. The van der Waals surface area contributed by atoms with E-state index in [2.05, 4.69) is 16.4 Å². The third-order valence-corrected chi connectivity index (χ3v) is 2.91. The summed E-state index contributed by atoms with van der Waals surface area (Å²) in [7, 11) is 0. The lowest BCUT2D eigenvalue weighted by Gasteiger charge is -2.28. The van der Waals surface area contributed by atoms with Crippen LogP contribution in [-0.4, -0.2) is 18.1 Å². The van der Waals surface area contributed by atoms with Crippen molar-refractivity contribution in [2.24, 2.45) is 11.7 Å². The van der Waals surface area contributed by atoms with Crippen LogP contribution in [0.3, 0.4) is 0 Å². The smallest absolute Gasteiger partial charge is 0.0351 e. The molecule has 2 atom stereocenters. The molecule has 3 N–H and O–H groups in total. The van der Waals surface area contributed by atoms with Crippen molar-refractivity contribution in [3.05, 3.63) is 30.1 Å². The van der Waals surface area contributed by atoms with Gasteiger partial charge in [-0.3, -0.25) is 4.98 Å². The van der Waals surface area contributed by atoms with E-state index in [4.69, 9.17) is 5.73 Å². The highest BCUT2D eigenvalue weighted by Gasteiger charge is 2.21. The van der Waals surface area contributed by atoms with Crippen LogP contribution < -0.4 is 11.1 Å². The molecule has 14 heavy (non-hydrogen) atoms. The lowest BCUT2D eigenvalue weighted by atomic mass is 9.89. The Balaban J connectivity index is 2.03. The number of hydrogen-bond acceptors (Lipinski definition) is 3. The SMILES string of the molecule is NC(c1cccnc1)C1CCCNC1. The van der Waals surface area contributed by atoms with Gasteiger partial charge in [-0.25, -0.2) is 0 Å². The van der Waals surface area contributed by atoms with E-state index < -0.39 is 0 Å². The Bertz CT molecular complexity index is 267. The van der Waals surface area contributed by atoms with Gasteiger partial charge in [-0.2, -0.15) is 0 Å². The lowest BCUT2D eigenvalue weighted by Crippen LogP contribution is -2.36. The number of nitrogens with zero attached hydrogens (tertiary/aromatic N) is 1. The summed E-state index contributed by atoms with van der Waals surface area (Å²) < 4.78 is 0. The summed E-state index contributed by atoms with van der Waals surface area (Å²) in [5, 5.41) is 3.39. The molecule has 0 aromatic carbocycles. The van der Waals surface area contributed by atoms with Crippen LogP contribution in [0.4, 0.5) is 0 Å². The molecule has 1 aliphatic heterocycles. The molecule has 1 saturated heterocycles. The van der Waals surface area contributed by atoms with Gasteiger partial charge in [0.2, 0.25) is 0 Å². The van der Waals surface area contributed by atoms with Crippen molar-refractivity contribution >= 4 is 0 Å². The second kappa shape index (κ2) is 4.53. The Morgan fingerprint density at radius 2 is 2.50 bits per heavy atom. The van der Waals surface area contributed by atoms with Crippen molar-refractivity contribution in [3.63, 3.8) is 0 Å². The number of aromatic nitrogens is 1. The predicted octanol–water partition coefficient (Wildman–Crippen LogP) is 1.08. The van der Waals surface area contributed by atoms with Crippen molar-refractivity contribution in [2.45, 2.75) is 18.9 Å². The molecule has 2 unspecified atom stereocenters. The first-order chi connectivity index (χ1) is 6.88. The van der Waals surface area contributed by atoms with Gasteiger partial charge < -0.3 is 11.1 Å². The molecule has 0 bridgehead atoms. The van der Waals surface area contributed by atoms with Crippen LogP contribution in [0.2, 0.25) is 0 Å². The van der Waals surface area contributed by atoms with Crippen LogP contribution in [0.1, 0.15) is 24.4 Å². The molecule has 3 heteroatoms. The predicted molar refractivity (Wildman–Crippen MR) is 56.8 cm³/mol. The number of piperidine rings is 1. The first-order valence-corrected chi connectivity index (χ1v) is 5.24. The molecular weight excluding hydrogens is 174 g/mol. The topological polar surface area (TPSA) is 50.9 Å². The fourth-order valence-electron chi connectivity index (χ4n) is 2.03. The van der Waals surface area contributed by atoms with Crippen LogP contribution in [0.25, 0.3) is 0 Å². The highest BCUT2D eigenvalue weighted by atomic mass is 14.9. The largest absolute Gasteiger partial charge is 0.324 e. The Labute approximate surface area is 84.7 Å². The van der Waals surface area contributed by atoms with E-state index in [1.54, 1.807) is 6.20 Å². The second-order valence-corrected chi connectivity index (χ2v) is 3.92. The Morgan fingerprint density at radius 3 is 3.14 bits per heavy atom. The van der Waals surface area contributed by atoms with Crippen molar-refractivity contribution in [1.82, 2.24) is 10.3 Å². The number of nitrogens with one attached hydrogen (secondary N) is 1. The maximum Gasteiger partial charge on any atom is 0.0351 e. The van der Waals surface area contributed by atoms with E-state index in [1.165, 1.54) is 12.8 Å². The van der Waals surface area contributed by atoms with Gasteiger partial charge in [-0.05, 0) is 43.5 Å². The molecule has 0 radical (unpaired) electrons. The van der Waals surface area contributed by atoms with Gasteiger partial charge in [0.05, 0.1) is 0 Å². The summed E-state index contributed by atoms with van der Waals surface area (Å²) >= 11 is 0. The second-order valence-electron chi connectivity index (χ2n) is 3.92. The van der Waals surface area contributed by atoms with Crippen LogP contribution >= 0.6 is 0 Å². The third kappa shape index (κ3) is 2.11. The molecule has 1 aliphatic rings. The summed E-state index contributed by atoms with van der Waals surface area (Å²) in [4.78, 5) is 4.10. The molecule has 2 rings (SSSR count). The lowest BCUT2D eigenvalue weighted by molar-refractivity contribution is 0.326. The quantitative estimate of drug-likeness (QED) is 0.735. The minimum atomic E-state index is 0.136. The maximum atomic E-state index is 6.19. The van der Waals surface area contributed by atoms with Gasteiger partial charge in [0.1, 0.15) is 0 Å². The fraction of sp³-hybridized carbons (Fsp3) is 0.545. The van der Waals surface area contributed by atoms with Crippen molar-refractivity contribution < 1.29 is 0 Å². The zero-order chi connectivity index (χ0) is 9.80.